The Morgan fingerprint density at radius 1 is 1.69 bits per heavy atom. The van der Waals surface area contributed by atoms with Crippen molar-refractivity contribution in [3.8, 4) is 0 Å². The molecule has 1 saturated heterocycles. The Hall–Kier alpha value is -0.610. The van der Waals surface area contributed by atoms with E-state index in [-0.39, 0.29) is 5.97 Å². The van der Waals surface area contributed by atoms with Crippen LogP contribution in [0.1, 0.15) is 13.3 Å². The van der Waals surface area contributed by atoms with Gasteiger partial charge in [-0.1, -0.05) is 0 Å². The van der Waals surface area contributed by atoms with Gasteiger partial charge in [0, 0.05) is 6.54 Å². The largest absolute Gasteiger partial charge is 0.467 e. The number of nitrogens with one attached hydrogen (secondary N) is 1. The van der Waals surface area contributed by atoms with E-state index >= 15 is 0 Å². The van der Waals surface area contributed by atoms with Crippen molar-refractivity contribution in [2.75, 3.05) is 26.8 Å². The van der Waals surface area contributed by atoms with E-state index < -0.39 is 6.10 Å². The molecule has 0 amide bonds. The molecule has 0 aliphatic carbocycles. The molecule has 1 N–H and O–H groups in total. The molecule has 0 bridgehead atoms. The van der Waals surface area contributed by atoms with Gasteiger partial charge in [0.25, 0.3) is 0 Å². The molecule has 0 spiro atoms. The molecular weight excluding hydrogens is 170 g/mol. The maximum atomic E-state index is 11.0. The third-order valence-electron chi connectivity index (χ3n) is 2.28. The lowest BCUT2D eigenvalue weighted by Gasteiger charge is -2.13. The van der Waals surface area contributed by atoms with Crippen molar-refractivity contribution < 1.29 is 14.3 Å². The topological polar surface area (TPSA) is 47.6 Å². The van der Waals surface area contributed by atoms with E-state index in [1.54, 1.807) is 6.92 Å². The van der Waals surface area contributed by atoms with Gasteiger partial charge in [0.15, 0.2) is 6.10 Å². The summed E-state index contributed by atoms with van der Waals surface area (Å²) in [4.78, 5) is 11.0. The van der Waals surface area contributed by atoms with E-state index in [1.165, 1.54) is 7.11 Å². The van der Waals surface area contributed by atoms with Crippen molar-refractivity contribution in [3.05, 3.63) is 0 Å². The summed E-state index contributed by atoms with van der Waals surface area (Å²) in [6.07, 6.45) is 0.694. The lowest BCUT2D eigenvalue weighted by atomic mass is 10.1. The smallest absolute Gasteiger partial charge is 0.334 e. The van der Waals surface area contributed by atoms with Crippen molar-refractivity contribution in [2.45, 2.75) is 19.4 Å². The van der Waals surface area contributed by atoms with Crippen LogP contribution in [0, 0.1) is 5.92 Å². The molecule has 2 unspecified atom stereocenters. The second-order valence-electron chi connectivity index (χ2n) is 3.36. The quantitative estimate of drug-likeness (QED) is 0.637. The van der Waals surface area contributed by atoms with Gasteiger partial charge in [-0.2, -0.15) is 0 Å². The highest BCUT2D eigenvalue weighted by Gasteiger charge is 2.18. The van der Waals surface area contributed by atoms with Crippen LogP contribution in [0.4, 0.5) is 0 Å². The number of carbonyl (C=O) groups is 1. The molecule has 1 rings (SSSR count). The Morgan fingerprint density at radius 3 is 3.00 bits per heavy atom. The first-order valence-electron chi connectivity index (χ1n) is 4.64. The summed E-state index contributed by atoms with van der Waals surface area (Å²) >= 11 is 0. The molecule has 0 aromatic carbocycles. The summed E-state index contributed by atoms with van der Waals surface area (Å²) in [6.45, 7) is 4.41. The molecule has 13 heavy (non-hydrogen) atoms. The summed E-state index contributed by atoms with van der Waals surface area (Å²) in [7, 11) is 1.37. The number of rotatable bonds is 4. The third kappa shape index (κ3) is 3.32. The van der Waals surface area contributed by atoms with E-state index in [0.717, 1.165) is 19.5 Å². The summed E-state index contributed by atoms with van der Waals surface area (Å²) in [6, 6.07) is 0. The normalized spacial score (nSPS) is 24.3. The van der Waals surface area contributed by atoms with Crippen LogP contribution in [0.15, 0.2) is 0 Å². The fraction of sp³-hybridized carbons (Fsp3) is 0.889. The van der Waals surface area contributed by atoms with Crippen LogP contribution in [0.25, 0.3) is 0 Å². The second kappa shape index (κ2) is 5.19. The van der Waals surface area contributed by atoms with E-state index in [4.69, 9.17) is 4.74 Å². The van der Waals surface area contributed by atoms with Crippen LogP contribution < -0.4 is 5.32 Å². The lowest BCUT2D eigenvalue weighted by molar-refractivity contribution is -0.153. The minimum Gasteiger partial charge on any atom is -0.467 e. The first-order valence-corrected chi connectivity index (χ1v) is 4.64. The standard InChI is InChI=1S/C9H17NO3/c1-7(9(11)12-2)13-6-8-3-4-10-5-8/h7-8,10H,3-6H2,1-2H3. The molecule has 0 saturated carbocycles. The highest BCUT2D eigenvalue weighted by Crippen LogP contribution is 2.09. The van der Waals surface area contributed by atoms with E-state index in [2.05, 4.69) is 10.1 Å². The van der Waals surface area contributed by atoms with Crippen molar-refractivity contribution in [1.29, 1.82) is 0 Å². The highest BCUT2D eigenvalue weighted by molar-refractivity contribution is 5.73. The monoisotopic (exact) mass is 187 g/mol. The van der Waals surface area contributed by atoms with E-state index in [0.29, 0.717) is 12.5 Å². The first-order chi connectivity index (χ1) is 6.24. The molecule has 4 heteroatoms. The van der Waals surface area contributed by atoms with Gasteiger partial charge in [-0.3, -0.25) is 0 Å². The summed E-state index contributed by atoms with van der Waals surface area (Å²) in [5.74, 6) is 0.248. The van der Waals surface area contributed by atoms with Gasteiger partial charge < -0.3 is 14.8 Å². The average molecular weight is 187 g/mol. The molecule has 0 aromatic rings. The highest BCUT2D eigenvalue weighted by atomic mass is 16.6. The number of carbonyl (C=O) groups excluding carboxylic acids is 1. The Morgan fingerprint density at radius 2 is 2.46 bits per heavy atom. The van der Waals surface area contributed by atoms with Crippen LogP contribution >= 0.6 is 0 Å². The minimum atomic E-state index is -0.439. The van der Waals surface area contributed by atoms with Crippen LogP contribution in [-0.4, -0.2) is 38.9 Å². The summed E-state index contributed by atoms with van der Waals surface area (Å²) < 4.78 is 9.91. The molecular formula is C9H17NO3. The minimum absolute atomic E-state index is 0.300. The predicted molar refractivity (Wildman–Crippen MR) is 48.4 cm³/mol. The number of esters is 1. The van der Waals surface area contributed by atoms with Gasteiger partial charge in [0.2, 0.25) is 0 Å². The molecule has 76 valence electrons. The zero-order valence-corrected chi connectivity index (χ0v) is 8.21. The van der Waals surface area contributed by atoms with Gasteiger partial charge in [0.05, 0.1) is 13.7 Å². The Bertz CT molecular complexity index is 166. The van der Waals surface area contributed by atoms with Crippen LogP contribution in [0.3, 0.4) is 0 Å². The molecule has 1 heterocycles. The molecule has 1 aliphatic heterocycles. The van der Waals surface area contributed by atoms with Gasteiger partial charge in [-0.05, 0) is 25.8 Å². The molecule has 4 nitrogen and oxygen atoms in total. The Kier molecular flexibility index (Phi) is 4.18. The first kappa shape index (κ1) is 10.5. The van der Waals surface area contributed by atoms with Gasteiger partial charge >= 0.3 is 5.97 Å². The Labute approximate surface area is 78.6 Å². The van der Waals surface area contributed by atoms with Gasteiger partial charge in [0.1, 0.15) is 0 Å². The fourth-order valence-electron chi connectivity index (χ4n) is 1.37. The van der Waals surface area contributed by atoms with Crippen molar-refractivity contribution in [2.24, 2.45) is 5.92 Å². The summed E-state index contributed by atoms with van der Waals surface area (Å²) in [5, 5.41) is 3.24. The number of hydrogen-bond acceptors (Lipinski definition) is 4. The molecule has 0 radical (unpaired) electrons. The van der Waals surface area contributed by atoms with Crippen molar-refractivity contribution in [3.63, 3.8) is 0 Å². The fourth-order valence-corrected chi connectivity index (χ4v) is 1.37. The zero-order chi connectivity index (χ0) is 9.68. The predicted octanol–water partition coefficient (Wildman–Crippen LogP) is 0.174. The van der Waals surface area contributed by atoms with Crippen LogP contribution in [0.5, 0.6) is 0 Å². The third-order valence-corrected chi connectivity index (χ3v) is 2.28. The van der Waals surface area contributed by atoms with Crippen molar-refractivity contribution in [1.82, 2.24) is 5.32 Å². The molecule has 1 aliphatic rings. The SMILES string of the molecule is COC(=O)C(C)OCC1CCNC1. The zero-order valence-electron chi connectivity index (χ0n) is 8.21. The molecule has 1 fully saturated rings. The molecule has 2 atom stereocenters. The van der Waals surface area contributed by atoms with Gasteiger partial charge in [-0.25, -0.2) is 4.79 Å². The maximum Gasteiger partial charge on any atom is 0.334 e. The van der Waals surface area contributed by atoms with Crippen LogP contribution in [0.2, 0.25) is 0 Å². The number of ether oxygens (including phenoxy) is 2. The number of hydrogen-bond donors (Lipinski definition) is 1. The average Bonchev–Trinajstić information content (AvgIpc) is 2.65. The van der Waals surface area contributed by atoms with Crippen LogP contribution in [-0.2, 0) is 14.3 Å². The second-order valence-corrected chi connectivity index (χ2v) is 3.36. The van der Waals surface area contributed by atoms with Crippen molar-refractivity contribution >= 4 is 5.97 Å². The molecule has 0 aromatic heterocycles. The Balaban J connectivity index is 2.13. The van der Waals surface area contributed by atoms with E-state index in [1.807, 2.05) is 0 Å². The maximum absolute atomic E-state index is 11.0. The summed E-state index contributed by atoms with van der Waals surface area (Å²) in [5.41, 5.74) is 0. The lowest BCUT2D eigenvalue weighted by Crippen LogP contribution is -2.25. The van der Waals surface area contributed by atoms with Gasteiger partial charge in [-0.15, -0.1) is 0 Å². The number of methoxy groups -OCH3 is 1. The van der Waals surface area contributed by atoms with E-state index in [9.17, 15) is 4.79 Å².